The molecule has 0 saturated heterocycles. The third-order valence-electron chi connectivity index (χ3n) is 4.21. The van der Waals surface area contributed by atoms with Crippen molar-refractivity contribution in [3.63, 3.8) is 0 Å². The molecule has 0 aliphatic carbocycles. The highest BCUT2D eigenvalue weighted by molar-refractivity contribution is 8.49. The van der Waals surface area contributed by atoms with Crippen LogP contribution >= 0.6 is 102 Å². The van der Waals surface area contributed by atoms with E-state index >= 15 is 0 Å². The molecule has 0 N–H and O–H groups in total. The first kappa shape index (κ1) is 29.2. The lowest BCUT2D eigenvalue weighted by molar-refractivity contribution is 0.223. The summed E-state index contributed by atoms with van der Waals surface area (Å²) in [5.74, 6) is 1.99. The zero-order valence-electron chi connectivity index (χ0n) is 18.8. The number of nitriles is 1. The Bertz CT molecular complexity index is 855. The van der Waals surface area contributed by atoms with Crippen LogP contribution in [-0.4, -0.2) is 29.0 Å². The molecular weight excluding hydrogens is 590 g/mol. The molecule has 0 atom stereocenters. The van der Waals surface area contributed by atoms with E-state index in [1.165, 1.54) is 51.1 Å². The van der Waals surface area contributed by atoms with Gasteiger partial charge in [0.05, 0.1) is 44.7 Å². The summed E-state index contributed by atoms with van der Waals surface area (Å²) in [4.78, 5) is 0. The maximum Gasteiger partial charge on any atom is 0.354 e. The molecule has 13 heteroatoms. The van der Waals surface area contributed by atoms with E-state index in [0.29, 0.717) is 19.6 Å². The Labute approximate surface area is 232 Å². The fraction of sp³-hybridized carbons (Fsp3) is 0.650. The second-order valence-electron chi connectivity index (χ2n) is 6.72. The van der Waals surface area contributed by atoms with E-state index in [2.05, 4.69) is 13.0 Å². The average Bonchev–Trinajstić information content (AvgIpc) is 3.48. The molecule has 0 aromatic carbocycles. The topological polar surface area (TPSA) is 59.3 Å². The Balaban J connectivity index is 1.60. The summed E-state index contributed by atoms with van der Waals surface area (Å²) in [7, 11) is -3.13. The second kappa shape index (κ2) is 15.2. The van der Waals surface area contributed by atoms with Crippen LogP contribution in [0.15, 0.2) is 25.4 Å². The number of unbranched alkanes of at least 4 members (excludes halogenated alkanes) is 3. The summed E-state index contributed by atoms with van der Waals surface area (Å²) in [5, 5.41) is 8.93. The third kappa shape index (κ3) is 8.33. The summed E-state index contributed by atoms with van der Waals surface area (Å²) < 4.78 is 31.9. The van der Waals surface area contributed by atoms with E-state index < -0.39 is 7.60 Å². The molecule has 0 fully saturated rings. The second-order valence-corrected chi connectivity index (χ2v) is 19.9. The van der Waals surface area contributed by atoms with Crippen molar-refractivity contribution < 1.29 is 13.6 Å². The Morgan fingerprint density at radius 2 is 1.42 bits per heavy atom. The minimum absolute atomic E-state index is 0.220. The van der Waals surface area contributed by atoms with Crippen molar-refractivity contribution in [2.24, 2.45) is 0 Å². The molecule has 3 heterocycles. The van der Waals surface area contributed by atoms with Gasteiger partial charge in [0.15, 0.2) is 4.32 Å². The summed E-state index contributed by atoms with van der Waals surface area (Å²) in [5.41, 5.74) is 0. The molecule has 4 nitrogen and oxygen atoms in total. The molecule has 0 amide bonds. The van der Waals surface area contributed by atoms with Gasteiger partial charge in [-0.25, -0.2) is 0 Å². The Hall–Kier alpha value is 1.66. The first-order valence-electron chi connectivity index (χ1n) is 10.8. The highest BCUT2D eigenvalue weighted by Gasteiger charge is 2.46. The first-order chi connectivity index (χ1) is 16.0. The van der Waals surface area contributed by atoms with E-state index in [-0.39, 0.29) is 4.32 Å². The molecule has 0 radical (unpaired) electrons. The summed E-state index contributed by atoms with van der Waals surface area (Å²) in [6, 6.07) is 2.26. The number of thioether (sulfide) groups is 8. The van der Waals surface area contributed by atoms with Gasteiger partial charge in [-0.2, -0.15) is 5.26 Å². The molecule has 0 bridgehead atoms. The molecule has 0 saturated carbocycles. The van der Waals surface area contributed by atoms with Gasteiger partial charge < -0.3 is 9.05 Å². The lowest BCUT2D eigenvalue weighted by Crippen LogP contribution is -2.04. The van der Waals surface area contributed by atoms with Gasteiger partial charge >= 0.3 is 7.60 Å². The van der Waals surface area contributed by atoms with Gasteiger partial charge in [0.1, 0.15) is 0 Å². The average molecular weight is 618 g/mol. The van der Waals surface area contributed by atoms with Gasteiger partial charge in [-0.1, -0.05) is 96.8 Å². The molecule has 3 rings (SSSR count). The van der Waals surface area contributed by atoms with Crippen molar-refractivity contribution in [2.75, 3.05) is 24.7 Å². The highest BCUT2D eigenvalue weighted by Crippen LogP contribution is 2.76. The molecule has 33 heavy (non-hydrogen) atoms. The van der Waals surface area contributed by atoms with Crippen LogP contribution in [-0.2, 0) is 13.6 Å². The lowest BCUT2D eigenvalue weighted by Gasteiger charge is -2.22. The molecule has 3 aliphatic rings. The molecule has 0 unspecified atom stereocenters. The highest BCUT2D eigenvalue weighted by atomic mass is 32.3. The molecule has 0 aromatic rings. The smallest absolute Gasteiger partial charge is 0.307 e. The maximum atomic E-state index is 13.2. The predicted molar refractivity (Wildman–Crippen MR) is 161 cm³/mol. The van der Waals surface area contributed by atoms with E-state index in [4.69, 9.17) is 14.3 Å². The molecule has 0 aromatic heterocycles. The van der Waals surface area contributed by atoms with Crippen LogP contribution in [0.3, 0.4) is 0 Å². The Morgan fingerprint density at radius 1 is 0.848 bits per heavy atom. The Kier molecular flexibility index (Phi) is 13.4. The van der Waals surface area contributed by atoms with Crippen molar-refractivity contribution in [1.29, 1.82) is 5.26 Å². The number of rotatable bonds is 14. The van der Waals surface area contributed by atoms with Gasteiger partial charge in [-0.15, -0.1) is 23.5 Å². The van der Waals surface area contributed by atoms with Crippen LogP contribution in [0.4, 0.5) is 0 Å². The monoisotopic (exact) mass is 617 g/mol. The number of nitrogens with zero attached hydrogens (tertiary/aromatic N) is 1. The fourth-order valence-corrected chi connectivity index (χ4v) is 19.0. The van der Waals surface area contributed by atoms with Gasteiger partial charge in [-0.3, -0.25) is 4.57 Å². The van der Waals surface area contributed by atoms with Gasteiger partial charge in [0.25, 0.3) is 0 Å². The normalized spacial score (nSPS) is 19.2. The molecule has 0 spiro atoms. The quantitative estimate of drug-likeness (QED) is 0.138. The van der Waals surface area contributed by atoms with Crippen LogP contribution in [0.25, 0.3) is 0 Å². The van der Waals surface area contributed by atoms with E-state index in [1.54, 1.807) is 47.0 Å². The minimum atomic E-state index is -3.13. The third-order valence-corrected chi connectivity index (χ3v) is 19.7. The van der Waals surface area contributed by atoms with Crippen molar-refractivity contribution in [3.05, 3.63) is 25.4 Å². The zero-order chi connectivity index (χ0) is 23.7. The SMILES string of the molecule is CCCCCCSC1=C(SCCC#N)SC(=C2SC3=C(S2)SC(P(=O)(OCC)OCC)S3)S1. The summed E-state index contributed by atoms with van der Waals surface area (Å²) >= 11 is 14.4. The molecular formula is C20H28NO3PS8. The van der Waals surface area contributed by atoms with Crippen molar-refractivity contribution in [3.8, 4) is 6.07 Å². The van der Waals surface area contributed by atoms with E-state index in [1.807, 2.05) is 60.9 Å². The van der Waals surface area contributed by atoms with E-state index in [0.717, 1.165) is 11.5 Å². The minimum Gasteiger partial charge on any atom is -0.307 e. The molecule has 3 aliphatic heterocycles. The molecule has 184 valence electrons. The number of hydrogen-bond donors (Lipinski definition) is 0. The number of hydrogen-bond acceptors (Lipinski definition) is 12. The first-order valence-corrected chi connectivity index (χ1v) is 19.4. The predicted octanol–water partition coefficient (Wildman–Crippen LogP) is 10.3. The largest absolute Gasteiger partial charge is 0.354 e. The van der Waals surface area contributed by atoms with Crippen LogP contribution in [0, 0.1) is 11.3 Å². The standard InChI is InChI=1S/C20H28NO3PS8/c1-4-7-8-9-12-26-14-15(27-13-10-11-21)29-16(28-14)17-30-18-19(31-17)33-20(32-18)25(22,23-5-2)24-6-3/h20H,4-10,12-13H2,1-3H3. The summed E-state index contributed by atoms with van der Waals surface area (Å²) in [6.07, 6.45) is 5.69. The van der Waals surface area contributed by atoms with Gasteiger partial charge in [0, 0.05) is 12.2 Å². The van der Waals surface area contributed by atoms with Crippen molar-refractivity contribution in [1.82, 2.24) is 0 Å². The zero-order valence-corrected chi connectivity index (χ0v) is 26.3. The van der Waals surface area contributed by atoms with Crippen LogP contribution in [0.2, 0.25) is 0 Å². The van der Waals surface area contributed by atoms with E-state index in [9.17, 15) is 4.57 Å². The van der Waals surface area contributed by atoms with Gasteiger partial charge in [-0.05, 0) is 26.0 Å². The van der Waals surface area contributed by atoms with Crippen LogP contribution < -0.4 is 0 Å². The van der Waals surface area contributed by atoms with Crippen LogP contribution in [0.5, 0.6) is 0 Å². The lowest BCUT2D eigenvalue weighted by atomic mass is 10.2. The van der Waals surface area contributed by atoms with Crippen molar-refractivity contribution in [2.45, 2.75) is 57.2 Å². The fourth-order valence-electron chi connectivity index (χ4n) is 2.77. The van der Waals surface area contributed by atoms with Crippen LogP contribution in [0.1, 0.15) is 52.9 Å². The Morgan fingerprint density at radius 3 is 1.97 bits per heavy atom. The van der Waals surface area contributed by atoms with Crippen molar-refractivity contribution >= 4 is 102 Å². The summed E-state index contributed by atoms with van der Waals surface area (Å²) in [6.45, 7) is 6.74. The van der Waals surface area contributed by atoms with Gasteiger partial charge in [0.2, 0.25) is 0 Å². The maximum absolute atomic E-state index is 13.2.